The first-order valence-corrected chi connectivity index (χ1v) is 17.3. The maximum atomic E-state index is 12.4. The first kappa shape index (κ1) is 45.2. The molecule has 0 rings (SSSR count). The van der Waals surface area contributed by atoms with Gasteiger partial charge in [0, 0.05) is 13.5 Å². The van der Waals surface area contributed by atoms with Crippen molar-refractivity contribution in [2.24, 2.45) is 0 Å². The molecule has 2 atom stereocenters. The average molecular weight is 705 g/mol. The van der Waals surface area contributed by atoms with E-state index in [1.165, 1.54) is 0 Å². The summed E-state index contributed by atoms with van der Waals surface area (Å²) in [6, 6.07) is 0. The fourth-order valence-electron chi connectivity index (χ4n) is 4.78. The summed E-state index contributed by atoms with van der Waals surface area (Å²) >= 11 is 0. The zero-order chi connectivity index (χ0) is 36.9. The van der Waals surface area contributed by atoms with Crippen molar-refractivity contribution in [2.45, 2.75) is 154 Å². The molecule has 0 aliphatic rings. The number of carbonyl (C=O) groups is 7. The minimum atomic E-state index is -1.18. The van der Waals surface area contributed by atoms with Crippen molar-refractivity contribution >= 4 is 41.8 Å². The van der Waals surface area contributed by atoms with Gasteiger partial charge in [0.25, 0.3) is 0 Å². The molecule has 0 aliphatic carbocycles. The summed E-state index contributed by atoms with van der Waals surface area (Å²) in [5.74, 6) is -6.21. The Morgan fingerprint density at radius 1 is 0.469 bits per heavy atom. The van der Waals surface area contributed by atoms with Gasteiger partial charge in [0.2, 0.25) is 0 Å². The molecule has 0 spiro atoms. The summed E-state index contributed by atoms with van der Waals surface area (Å²) in [7, 11) is 1.60. The lowest BCUT2D eigenvalue weighted by atomic mass is 9.99. The molecule has 0 aliphatic heterocycles. The van der Waals surface area contributed by atoms with Crippen LogP contribution in [0.3, 0.4) is 0 Å². The highest BCUT2D eigenvalue weighted by Crippen LogP contribution is 2.20. The highest BCUT2D eigenvalue weighted by Gasteiger charge is 2.25. The van der Waals surface area contributed by atoms with E-state index in [9.17, 15) is 33.6 Å². The summed E-state index contributed by atoms with van der Waals surface area (Å²) < 4.78 is 26.5. The van der Waals surface area contributed by atoms with Crippen LogP contribution in [-0.4, -0.2) is 95.7 Å². The molecule has 0 aromatic heterocycles. The van der Waals surface area contributed by atoms with E-state index in [1.54, 1.807) is 7.11 Å². The first-order valence-electron chi connectivity index (χ1n) is 17.3. The minimum Gasteiger partial charge on any atom is -0.481 e. The lowest BCUT2D eigenvalue weighted by Crippen LogP contribution is -2.33. The highest BCUT2D eigenvalue weighted by atomic mass is 16.6. The van der Waals surface area contributed by atoms with Gasteiger partial charge in [-0.15, -0.1) is 0 Å². The summed E-state index contributed by atoms with van der Waals surface area (Å²) in [5, 5.41) is 26.3. The standard InChI is InChI=1S/C34H56O15/c1-3-4-5-11-14-26(45-2)27(49-34(44)22-19-30(39)40)15-12-9-7-6-8-10-13-16-33(43)48-25(23-46-31(41)20-17-28(35)36)24-47-32(42)21-18-29(37)38/h25-27H,3-24H2,1-2H3,(H,35,36)(H,37,38)(H,39,40). The van der Waals surface area contributed by atoms with Gasteiger partial charge in [0.1, 0.15) is 19.3 Å². The molecule has 49 heavy (non-hydrogen) atoms. The second kappa shape index (κ2) is 29.2. The van der Waals surface area contributed by atoms with Crippen molar-refractivity contribution < 1.29 is 72.6 Å². The van der Waals surface area contributed by atoms with Gasteiger partial charge in [-0.3, -0.25) is 33.6 Å². The number of ether oxygens (including phenoxy) is 5. The zero-order valence-electron chi connectivity index (χ0n) is 29.0. The summed E-state index contributed by atoms with van der Waals surface area (Å²) in [5.41, 5.74) is 0. The lowest BCUT2D eigenvalue weighted by molar-refractivity contribution is -0.167. The van der Waals surface area contributed by atoms with E-state index in [4.69, 9.17) is 39.0 Å². The Bertz CT molecular complexity index is 962. The number of esters is 4. The molecule has 0 aromatic rings. The van der Waals surface area contributed by atoms with E-state index < -0.39 is 80.0 Å². The molecule has 0 fully saturated rings. The van der Waals surface area contributed by atoms with Crippen LogP contribution in [0.5, 0.6) is 0 Å². The molecule has 3 N–H and O–H groups in total. The molecule has 0 aromatic carbocycles. The van der Waals surface area contributed by atoms with Crippen LogP contribution < -0.4 is 0 Å². The van der Waals surface area contributed by atoms with Crippen LogP contribution in [0.2, 0.25) is 0 Å². The zero-order valence-corrected chi connectivity index (χ0v) is 29.0. The monoisotopic (exact) mass is 704 g/mol. The van der Waals surface area contributed by atoms with Gasteiger partial charge in [0.15, 0.2) is 6.10 Å². The highest BCUT2D eigenvalue weighted by molar-refractivity contribution is 5.77. The SMILES string of the molecule is CCCCCCC(OC)C(CCCCCCCCCC(=O)OC(COC(=O)CCC(=O)O)COC(=O)CCC(=O)O)OC(=O)CCC(=O)O. The lowest BCUT2D eigenvalue weighted by Gasteiger charge is -2.26. The number of unbranched alkanes of at least 4 members (excludes halogenated alkanes) is 9. The summed E-state index contributed by atoms with van der Waals surface area (Å²) in [6.07, 6.45) is 7.44. The minimum absolute atomic E-state index is 0.0714. The van der Waals surface area contributed by atoms with Gasteiger partial charge >= 0.3 is 41.8 Å². The molecule has 2 unspecified atom stereocenters. The largest absolute Gasteiger partial charge is 0.481 e. The quantitative estimate of drug-likeness (QED) is 0.0476. The van der Waals surface area contributed by atoms with Crippen molar-refractivity contribution in [3.05, 3.63) is 0 Å². The van der Waals surface area contributed by atoms with Crippen LogP contribution in [0.1, 0.15) is 135 Å². The molecule has 0 amide bonds. The summed E-state index contributed by atoms with van der Waals surface area (Å²) in [6.45, 7) is 1.22. The average Bonchev–Trinajstić information content (AvgIpc) is 3.05. The third-order valence-corrected chi connectivity index (χ3v) is 7.50. The normalized spacial score (nSPS) is 12.1. The maximum Gasteiger partial charge on any atom is 0.306 e. The molecule has 0 saturated heterocycles. The van der Waals surface area contributed by atoms with Crippen molar-refractivity contribution in [1.82, 2.24) is 0 Å². The van der Waals surface area contributed by atoms with Crippen LogP contribution in [0, 0.1) is 0 Å². The van der Waals surface area contributed by atoms with Crippen molar-refractivity contribution in [2.75, 3.05) is 20.3 Å². The number of carboxylic acids is 3. The Morgan fingerprint density at radius 3 is 1.35 bits per heavy atom. The second-order valence-electron chi connectivity index (χ2n) is 11.8. The Balaban J connectivity index is 4.59. The van der Waals surface area contributed by atoms with Crippen molar-refractivity contribution in [3.8, 4) is 0 Å². The van der Waals surface area contributed by atoms with E-state index in [2.05, 4.69) is 6.92 Å². The Labute approximate surface area is 288 Å². The molecule has 15 heteroatoms. The van der Waals surface area contributed by atoms with Crippen LogP contribution in [0.4, 0.5) is 0 Å². The van der Waals surface area contributed by atoms with E-state index >= 15 is 0 Å². The predicted octanol–water partition coefficient (Wildman–Crippen LogP) is 4.99. The van der Waals surface area contributed by atoms with E-state index in [1.807, 2.05) is 0 Å². The molecule has 0 heterocycles. The molecule has 0 saturated carbocycles. The van der Waals surface area contributed by atoms with E-state index in [0.717, 1.165) is 70.6 Å². The first-order chi connectivity index (χ1) is 23.4. The fourth-order valence-corrected chi connectivity index (χ4v) is 4.78. The second-order valence-corrected chi connectivity index (χ2v) is 11.8. The third kappa shape index (κ3) is 27.9. The van der Waals surface area contributed by atoms with E-state index in [-0.39, 0.29) is 38.2 Å². The Morgan fingerprint density at radius 2 is 0.878 bits per heavy atom. The number of rotatable bonds is 32. The van der Waals surface area contributed by atoms with Crippen LogP contribution >= 0.6 is 0 Å². The molecule has 0 bridgehead atoms. The van der Waals surface area contributed by atoms with E-state index in [0.29, 0.717) is 12.8 Å². The van der Waals surface area contributed by atoms with Crippen molar-refractivity contribution in [1.29, 1.82) is 0 Å². The van der Waals surface area contributed by atoms with Crippen LogP contribution in [0.25, 0.3) is 0 Å². The van der Waals surface area contributed by atoms with Crippen molar-refractivity contribution in [3.63, 3.8) is 0 Å². The molecular weight excluding hydrogens is 648 g/mol. The van der Waals surface area contributed by atoms with Gasteiger partial charge in [-0.1, -0.05) is 64.7 Å². The maximum absolute atomic E-state index is 12.4. The number of methoxy groups -OCH3 is 1. The Hall–Kier alpha value is -3.75. The third-order valence-electron chi connectivity index (χ3n) is 7.50. The molecule has 0 radical (unpaired) electrons. The van der Waals surface area contributed by atoms with Gasteiger partial charge in [-0.05, 0) is 25.7 Å². The van der Waals surface area contributed by atoms with Gasteiger partial charge in [0.05, 0.1) is 44.6 Å². The topological polar surface area (TPSA) is 226 Å². The smallest absolute Gasteiger partial charge is 0.306 e. The van der Waals surface area contributed by atoms with Gasteiger partial charge in [-0.25, -0.2) is 0 Å². The molecule has 15 nitrogen and oxygen atoms in total. The number of carbonyl (C=O) groups excluding carboxylic acids is 4. The number of carboxylic acid groups (broad SMARTS) is 3. The van der Waals surface area contributed by atoms with Gasteiger partial charge in [-0.2, -0.15) is 0 Å². The predicted molar refractivity (Wildman–Crippen MR) is 173 cm³/mol. The van der Waals surface area contributed by atoms with Crippen LogP contribution in [-0.2, 0) is 57.2 Å². The molecular formula is C34H56O15. The Kier molecular flexibility index (Phi) is 27.0. The van der Waals surface area contributed by atoms with Gasteiger partial charge < -0.3 is 39.0 Å². The molecule has 282 valence electrons. The summed E-state index contributed by atoms with van der Waals surface area (Å²) in [4.78, 5) is 80.3. The number of hydrogen-bond donors (Lipinski definition) is 3. The number of hydrogen-bond acceptors (Lipinski definition) is 12. The fraction of sp³-hybridized carbons (Fsp3) is 0.794. The number of aliphatic carboxylic acids is 3. The van der Waals surface area contributed by atoms with Crippen LogP contribution in [0.15, 0.2) is 0 Å².